The maximum absolute atomic E-state index is 13.6. The van der Waals surface area contributed by atoms with Gasteiger partial charge < -0.3 is 0 Å². The quantitative estimate of drug-likeness (QED) is 0.337. The van der Waals surface area contributed by atoms with Crippen LogP contribution in [0.15, 0.2) is 84.2 Å². The van der Waals surface area contributed by atoms with Gasteiger partial charge in [0.1, 0.15) is 0 Å². The Bertz CT molecular complexity index is 1730. The highest BCUT2D eigenvalue weighted by Gasteiger charge is 2.22. The maximum atomic E-state index is 13.6. The molecular weight excluding hydrogens is 474 g/mol. The van der Waals surface area contributed by atoms with Gasteiger partial charge in [0.05, 0.1) is 29.7 Å². The van der Waals surface area contributed by atoms with Crippen molar-refractivity contribution in [3.63, 3.8) is 0 Å². The summed E-state index contributed by atoms with van der Waals surface area (Å²) in [7, 11) is -1.81. The topological polar surface area (TPSA) is 98.1 Å². The van der Waals surface area contributed by atoms with E-state index >= 15 is 0 Å². The second kappa shape index (κ2) is 9.60. The predicted molar refractivity (Wildman–Crippen MR) is 141 cm³/mol. The molecule has 182 valence electrons. The lowest BCUT2D eigenvalue weighted by Gasteiger charge is -2.20. The van der Waals surface area contributed by atoms with E-state index in [0.29, 0.717) is 34.1 Å². The van der Waals surface area contributed by atoms with Gasteiger partial charge >= 0.3 is 0 Å². The van der Waals surface area contributed by atoms with Crippen LogP contribution in [0.3, 0.4) is 0 Å². The minimum Gasteiger partial charge on any atom is -0.289 e. The van der Waals surface area contributed by atoms with Gasteiger partial charge in [0.25, 0.3) is 0 Å². The number of rotatable bonds is 7. The number of aryl methyl sites for hydroxylation is 1. The van der Waals surface area contributed by atoms with Crippen molar-refractivity contribution in [1.82, 2.24) is 24.1 Å². The molecule has 0 unspecified atom stereocenters. The summed E-state index contributed by atoms with van der Waals surface area (Å²) >= 11 is 0. The van der Waals surface area contributed by atoms with E-state index < -0.39 is 10.0 Å². The van der Waals surface area contributed by atoms with Crippen LogP contribution >= 0.6 is 0 Å². The summed E-state index contributed by atoms with van der Waals surface area (Å²) in [4.78, 5) is 22.3. The molecule has 0 saturated heterocycles. The Kier molecular flexibility index (Phi) is 6.34. The minimum atomic E-state index is -3.64. The third-order valence-corrected chi connectivity index (χ3v) is 8.02. The number of aromatic nitrogens is 4. The van der Waals surface area contributed by atoms with Crippen molar-refractivity contribution in [1.29, 1.82) is 0 Å². The normalized spacial score (nSPS) is 12.0. The number of fused-ring (bicyclic) bond motifs is 2. The van der Waals surface area contributed by atoms with Gasteiger partial charge in [-0.15, -0.1) is 0 Å². The summed E-state index contributed by atoms with van der Waals surface area (Å²) in [5.74, 6) is -0.210. The summed E-state index contributed by atoms with van der Waals surface area (Å²) in [6, 6.07) is 16.1. The fourth-order valence-electron chi connectivity index (χ4n) is 4.25. The summed E-state index contributed by atoms with van der Waals surface area (Å²) in [5.41, 5.74) is 3.27. The lowest BCUT2D eigenvalue weighted by molar-refractivity contribution is 0.418. The first-order valence-electron chi connectivity index (χ1n) is 11.6. The van der Waals surface area contributed by atoms with Crippen LogP contribution in [0.2, 0.25) is 0 Å². The Balaban J connectivity index is 1.54. The van der Waals surface area contributed by atoms with Gasteiger partial charge in [-0.2, -0.15) is 9.40 Å². The van der Waals surface area contributed by atoms with Gasteiger partial charge in [-0.25, -0.2) is 8.42 Å². The van der Waals surface area contributed by atoms with E-state index in [4.69, 9.17) is 0 Å². The van der Waals surface area contributed by atoms with Crippen molar-refractivity contribution >= 4 is 31.7 Å². The standard InChI is InChI=1S/C27H25N5O3S/c1-3-32(17-23-6-4-5-11-28-23)36(34,35)18-19-7-8-20-9-10-26-25(27(33)24(20)12-19)13-21(14-29-26)22-15-30-31(2)16-22/h4-16H,3,17-18H2,1-2H3. The van der Waals surface area contributed by atoms with Crippen LogP contribution in [0.5, 0.6) is 0 Å². The SMILES string of the molecule is CCN(Cc1ccccn1)S(=O)(=O)Cc1ccc2ccc3ncc(-c4cnn(C)c4)cc3c(=O)c2c1. The molecule has 0 aliphatic heterocycles. The molecule has 0 spiro atoms. The second-order valence-corrected chi connectivity index (χ2v) is 10.6. The summed E-state index contributed by atoms with van der Waals surface area (Å²) < 4.78 is 29.6. The molecule has 3 heterocycles. The van der Waals surface area contributed by atoms with E-state index in [0.717, 1.165) is 16.5 Å². The Morgan fingerprint density at radius 3 is 2.50 bits per heavy atom. The van der Waals surface area contributed by atoms with E-state index in [-0.39, 0.29) is 17.7 Å². The fraction of sp³-hybridized carbons (Fsp3) is 0.185. The van der Waals surface area contributed by atoms with Crippen LogP contribution in [0.1, 0.15) is 18.2 Å². The van der Waals surface area contributed by atoms with E-state index in [1.807, 2.05) is 37.5 Å². The average molecular weight is 500 g/mol. The highest BCUT2D eigenvalue weighted by Crippen LogP contribution is 2.23. The third kappa shape index (κ3) is 4.75. The number of nitrogens with zero attached hydrogens (tertiary/aromatic N) is 5. The van der Waals surface area contributed by atoms with E-state index in [2.05, 4.69) is 15.1 Å². The molecule has 0 N–H and O–H groups in total. The average Bonchev–Trinajstić information content (AvgIpc) is 3.26. The van der Waals surface area contributed by atoms with Gasteiger partial charge in [0, 0.05) is 54.1 Å². The monoisotopic (exact) mass is 499 g/mol. The van der Waals surface area contributed by atoms with Crippen LogP contribution in [-0.2, 0) is 29.4 Å². The molecule has 2 aromatic carbocycles. The van der Waals surface area contributed by atoms with Crippen LogP contribution in [0.25, 0.3) is 32.8 Å². The first kappa shape index (κ1) is 23.8. The molecule has 36 heavy (non-hydrogen) atoms. The molecule has 0 amide bonds. The highest BCUT2D eigenvalue weighted by molar-refractivity contribution is 7.88. The third-order valence-electron chi connectivity index (χ3n) is 6.14. The molecule has 9 heteroatoms. The van der Waals surface area contributed by atoms with Gasteiger partial charge in [0.2, 0.25) is 10.0 Å². The fourth-order valence-corrected chi connectivity index (χ4v) is 5.75. The zero-order valence-corrected chi connectivity index (χ0v) is 20.8. The van der Waals surface area contributed by atoms with Crippen molar-refractivity contribution in [3.05, 3.63) is 101 Å². The number of pyridine rings is 2. The summed E-state index contributed by atoms with van der Waals surface area (Å²) in [6.45, 7) is 2.32. The maximum Gasteiger partial charge on any atom is 0.218 e. The first-order chi connectivity index (χ1) is 17.3. The molecule has 0 atom stereocenters. The van der Waals surface area contributed by atoms with Gasteiger partial charge in [-0.05, 0) is 41.3 Å². The summed E-state index contributed by atoms with van der Waals surface area (Å²) in [6.07, 6.45) is 6.96. The smallest absolute Gasteiger partial charge is 0.218 e. The van der Waals surface area contributed by atoms with Crippen LogP contribution in [0.4, 0.5) is 0 Å². The number of hydrogen-bond donors (Lipinski definition) is 0. The molecule has 5 rings (SSSR count). The first-order valence-corrected chi connectivity index (χ1v) is 13.2. The lowest BCUT2D eigenvalue weighted by Crippen LogP contribution is -2.31. The minimum absolute atomic E-state index is 0.191. The van der Waals surface area contributed by atoms with Gasteiger partial charge in [-0.1, -0.05) is 31.2 Å². The molecule has 0 aliphatic carbocycles. The predicted octanol–water partition coefficient (Wildman–Crippen LogP) is 3.90. The largest absolute Gasteiger partial charge is 0.289 e. The molecule has 3 aromatic heterocycles. The highest BCUT2D eigenvalue weighted by atomic mass is 32.2. The van der Waals surface area contributed by atoms with Crippen LogP contribution < -0.4 is 5.43 Å². The molecule has 8 nitrogen and oxygen atoms in total. The molecule has 5 aromatic rings. The molecular formula is C27H25N5O3S. The van der Waals surface area contributed by atoms with Crippen LogP contribution in [-0.4, -0.2) is 39.0 Å². The molecule has 0 aliphatic rings. The Hall–Kier alpha value is -3.95. The number of hydrogen-bond acceptors (Lipinski definition) is 6. The Morgan fingerprint density at radius 2 is 1.78 bits per heavy atom. The summed E-state index contributed by atoms with van der Waals surface area (Å²) in [5, 5.41) is 5.85. The molecule has 0 fully saturated rings. The van der Waals surface area contributed by atoms with E-state index in [9.17, 15) is 13.2 Å². The Labute approximate surface area is 208 Å². The second-order valence-electron chi connectivity index (χ2n) is 8.65. The molecule has 0 bridgehead atoms. The number of benzene rings is 1. The van der Waals surface area contributed by atoms with Crippen molar-refractivity contribution in [2.24, 2.45) is 7.05 Å². The molecule has 0 radical (unpaired) electrons. The zero-order valence-electron chi connectivity index (χ0n) is 20.0. The lowest BCUT2D eigenvalue weighted by atomic mass is 10.1. The van der Waals surface area contributed by atoms with Crippen molar-refractivity contribution in [2.45, 2.75) is 19.2 Å². The van der Waals surface area contributed by atoms with Crippen molar-refractivity contribution in [3.8, 4) is 11.1 Å². The van der Waals surface area contributed by atoms with E-state index in [1.54, 1.807) is 60.5 Å². The van der Waals surface area contributed by atoms with Crippen molar-refractivity contribution < 1.29 is 8.42 Å². The van der Waals surface area contributed by atoms with Gasteiger partial charge in [-0.3, -0.25) is 19.4 Å². The van der Waals surface area contributed by atoms with Gasteiger partial charge in [0.15, 0.2) is 5.43 Å². The molecule has 0 saturated carbocycles. The number of sulfonamides is 1. The zero-order chi connectivity index (χ0) is 25.3. The van der Waals surface area contributed by atoms with E-state index in [1.165, 1.54) is 4.31 Å². The van der Waals surface area contributed by atoms with Crippen molar-refractivity contribution in [2.75, 3.05) is 6.54 Å². The van der Waals surface area contributed by atoms with Crippen LogP contribution in [0, 0.1) is 0 Å². The Morgan fingerprint density at radius 1 is 0.944 bits per heavy atom.